The van der Waals surface area contributed by atoms with E-state index in [1.54, 1.807) is 0 Å². The summed E-state index contributed by atoms with van der Waals surface area (Å²) in [5, 5.41) is 0. The number of hydrazine groups is 1. The Labute approximate surface area is 57.2 Å². The van der Waals surface area contributed by atoms with E-state index in [0.717, 1.165) is 19.6 Å². The maximum Gasteiger partial charge on any atom is 0.0225 e. The SMILES string of the molecule is CCCN(C)CCNN. The highest BCUT2D eigenvalue weighted by atomic mass is 15.2. The van der Waals surface area contributed by atoms with Crippen molar-refractivity contribution in [2.24, 2.45) is 5.84 Å². The number of nitrogens with two attached hydrogens (primary N) is 1. The highest BCUT2D eigenvalue weighted by Gasteiger charge is 1.92. The van der Waals surface area contributed by atoms with Crippen molar-refractivity contribution in [3.8, 4) is 0 Å². The van der Waals surface area contributed by atoms with Crippen LogP contribution in [-0.2, 0) is 0 Å². The van der Waals surface area contributed by atoms with Crippen LogP contribution in [0.2, 0.25) is 0 Å². The van der Waals surface area contributed by atoms with Gasteiger partial charge >= 0.3 is 0 Å². The molecule has 0 saturated carbocycles. The van der Waals surface area contributed by atoms with Crippen LogP contribution in [0.1, 0.15) is 13.3 Å². The maximum atomic E-state index is 5.10. The molecule has 0 atom stereocenters. The van der Waals surface area contributed by atoms with E-state index in [-0.39, 0.29) is 0 Å². The molecule has 0 aliphatic heterocycles. The van der Waals surface area contributed by atoms with Gasteiger partial charge in [-0.1, -0.05) is 6.92 Å². The van der Waals surface area contributed by atoms with Crippen LogP contribution < -0.4 is 11.3 Å². The predicted octanol–water partition coefficient (Wildman–Crippen LogP) is -0.208. The van der Waals surface area contributed by atoms with Gasteiger partial charge in [-0.05, 0) is 20.0 Å². The second kappa shape index (κ2) is 6.01. The van der Waals surface area contributed by atoms with Crippen LogP contribution in [0, 0.1) is 0 Å². The Morgan fingerprint density at radius 3 is 2.56 bits per heavy atom. The first-order valence-corrected chi connectivity index (χ1v) is 3.43. The topological polar surface area (TPSA) is 41.3 Å². The van der Waals surface area contributed by atoms with Crippen LogP contribution in [0.3, 0.4) is 0 Å². The molecule has 0 spiro atoms. The molecule has 0 unspecified atom stereocenters. The molecule has 3 nitrogen and oxygen atoms in total. The summed E-state index contributed by atoms with van der Waals surface area (Å²) in [6, 6.07) is 0. The third-order valence-corrected chi connectivity index (χ3v) is 1.24. The van der Waals surface area contributed by atoms with Crippen molar-refractivity contribution >= 4 is 0 Å². The molecule has 0 saturated heterocycles. The van der Waals surface area contributed by atoms with Crippen LogP contribution >= 0.6 is 0 Å². The minimum Gasteiger partial charge on any atom is -0.305 e. The van der Waals surface area contributed by atoms with E-state index in [4.69, 9.17) is 5.84 Å². The lowest BCUT2D eigenvalue weighted by Gasteiger charge is -2.13. The van der Waals surface area contributed by atoms with Crippen molar-refractivity contribution in [1.29, 1.82) is 0 Å². The molecule has 0 bridgehead atoms. The van der Waals surface area contributed by atoms with E-state index >= 15 is 0 Å². The second-order valence-corrected chi connectivity index (χ2v) is 2.26. The summed E-state index contributed by atoms with van der Waals surface area (Å²) in [4.78, 5) is 2.25. The van der Waals surface area contributed by atoms with Crippen molar-refractivity contribution in [2.75, 3.05) is 26.7 Å². The molecule has 0 amide bonds. The van der Waals surface area contributed by atoms with Crippen molar-refractivity contribution < 1.29 is 0 Å². The Morgan fingerprint density at radius 2 is 2.11 bits per heavy atom. The lowest BCUT2D eigenvalue weighted by molar-refractivity contribution is 0.333. The number of nitrogens with zero attached hydrogens (tertiary/aromatic N) is 1. The summed E-state index contributed by atoms with van der Waals surface area (Å²) < 4.78 is 0. The number of hydrogen-bond acceptors (Lipinski definition) is 3. The Morgan fingerprint density at radius 1 is 1.44 bits per heavy atom. The predicted molar refractivity (Wildman–Crippen MR) is 40.0 cm³/mol. The molecule has 0 aliphatic carbocycles. The Bertz CT molecular complexity index is 56.3. The Hall–Kier alpha value is -0.120. The average Bonchev–Trinajstić information content (AvgIpc) is 1.85. The fraction of sp³-hybridized carbons (Fsp3) is 1.00. The van der Waals surface area contributed by atoms with Gasteiger partial charge in [-0.15, -0.1) is 0 Å². The second-order valence-electron chi connectivity index (χ2n) is 2.26. The summed E-state index contributed by atoms with van der Waals surface area (Å²) in [5.41, 5.74) is 2.62. The largest absolute Gasteiger partial charge is 0.305 e. The smallest absolute Gasteiger partial charge is 0.0225 e. The van der Waals surface area contributed by atoms with E-state index in [0.29, 0.717) is 0 Å². The number of hydrogen-bond donors (Lipinski definition) is 2. The maximum absolute atomic E-state index is 5.10. The van der Waals surface area contributed by atoms with Crippen molar-refractivity contribution in [2.45, 2.75) is 13.3 Å². The number of rotatable bonds is 5. The zero-order valence-electron chi connectivity index (χ0n) is 6.35. The summed E-state index contributed by atoms with van der Waals surface area (Å²) in [7, 11) is 2.10. The van der Waals surface area contributed by atoms with Gasteiger partial charge in [0, 0.05) is 13.1 Å². The third-order valence-electron chi connectivity index (χ3n) is 1.24. The molecule has 0 aromatic heterocycles. The standard InChI is InChI=1S/C6H17N3/c1-3-5-9(2)6-4-8-7/h8H,3-7H2,1-2H3. The molecule has 0 fully saturated rings. The fourth-order valence-corrected chi connectivity index (χ4v) is 0.749. The molecule has 0 rings (SSSR count). The van der Waals surface area contributed by atoms with Crippen LogP contribution in [0.25, 0.3) is 0 Å². The first-order chi connectivity index (χ1) is 4.31. The molecule has 0 heterocycles. The first-order valence-electron chi connectivity index (χ1n) is 3.43. The highest BCUT2D eigenvalue weighted by Crippen LogP contribution is 1.82. The Kier molecular flexibility index (Phi) is 5.93. The highest BCUT2D eigenvalue weighted by molar-refractivity contribution is 4.49. The minimum absolute atomic E-state index is 0.872. The molecule has 0 aliphatic rings. The van der Waals surface area contributed by atoms with E-state index in [1.807, 2.05) is 0 Å². The fourth-order valence-electron chi connectivity index (χ4n) is 0.749. The van der Waals surface area contributed by atoms with Gasteiger partial charge in [0.15, 0.2) is 0 Å². The van der Waals surface area contributed by atoms with E-state index in [2.05, 4.69) is 24.3 Å². The van der Waals surface area contributed by atoms with Gasteiger partial charge in [0.1, 0.15) is 0 Å². The molecule has 0 aromatic carbocycles. The van der Waals surface area contributed by atoms with Crippen molar-refractivity contribution in [1.82, 2.24) is 10.3 Å². The van der Waals surface area contributed by atoms with Crippen LogP contribution in [0.5, 0.6) is 0 Å². The van der Waals surface area contributed by atoms with Gasteiger partial charge in [-0.3, -0.25) is 11.3 Å². The zero-order valence-corrected chi connectivity index (χ0v) is 6.35. The number of nitrogens with one attached hydrogen (secondary N) is 1. The normalized spacial score (nSPS) is 10.7. The van der Waals surface area contributed by atoms with Gasteiger partial charge in [0.25, 0.3) is 0 Å². The lowest BCUT2D eigenvalue weighted by Crippen LogP contribution is -2.33. The molecule has 3 heteroatoms. The monoisotopic (exact) mass is 131 g/mol. The lowest BCUT2D eigenvalue weighted by atomic mass is 10.4. The zero-order chi connectivity index (χ0) is 7.11. The molecular weight excluding hydrogens is 114 g/mol. The third kappa shape index (κ3) is 5.76. The van der Waals surface area contributed by atoms with Gasteiger partial charge in [0.05, 0.1) is 0 Å². The molecule has 0 aromatic rings. The van der Waals surface area contributed by atoms with Gasteiger partial charge < -0.3 is 4.90 Å². The van der Waals surface area contributed by atoms with E-state index in [1.165, 1.54) is 6.42 Å². The molecule has 56 valence electrons. The van der Waals surface area contributed by atoms with Gasteiger partial charge in [-0.2, -0.15) is 0 Å². The van der Waals surface area contributed by atoms with E-state index in [9.17, 15) is 0 Å². The van der Waals surface area contributed by atoms with Gasteiger partial charge in [0.2, 0.25) is 0 Å². The summed E-state index contributed by atoms with van der Waals surface area (Å²) in [6.07, 6.45) is 1.21. The first kappa shape index (κ1) is 8.88. The minimum atomic E-state index is 0.872. The summed E-state index contributed by atoms with van der Waals surface area (Å²) >= 11 is 0. The molecular formula is C6H17N3. The molecule has 9 heavy (non-hydrogen) atoms. The van der Waals surface area contributed by atoms with Crippen molar-refractivity contribution in [3.05, 3.63) is 0 Å². The number of likely N-dealkylation sites (N-methyl/N-ethyl adjacent to an activating group) is 1. The van der Waals surface area contributed by atoms with Gasteiger partial charge in [-0.25, -0.2) is 0 Å². The average molecular weight is 131 g/mol. The summed E-state index contributed by atoms with van der Waals surface area (Å²) in [6.45, 7) is 5.23. The van der Waals surface area contributed by atoms with Crippen LogP contribution in [0.15, 0.2) is 0 Å². The van der Waals surface area contributed by atoms with Crippen molar-refractivity contribution in [3.63, 3.8) is 0 Å². The van der Waals surface area contributed by atoms with E-state index < -0.39 is 0 Å². The Balaban J connectivity index is 2.95. The summed E-state index contributed by atoms with van der Waals surface area (Å²) in [5.74, 6) is 5.10. The quantitative estimate of drug-likeness (QED) is 0.401. The molecule has 0 radical (unpaired) electrons. The molecule has 3 N–H and O–H groups in total. The van der Waals surface area contributed by atoms with Crippen LogP contribution in [0.4, 0.5) is 0 Å². The van der Waals surface area contributed by atoms with Crippen LogP contribution in [-0.4, -0.2) is 31.6 Å².